The van der Waals surface area contributed by atoms with Gasteiger partial charge in [-0.3, -0.25) is 4.79 Å². The predicted octanol–water partition coefficient (Wildman–Crippen LogP) is 8.66. The Morgan fingerprint density at radius 3 is 1.16 bits per heavy atom. The van der Waals surface area contributed by atoms with E-state index in [9.17, 15) is 31.1 Å². The van der Waals surface area contributed by atoms with Gasteiger partial charge in [0.15, 0.2) is 0 Å². The van der Waals surface area contributed by atoms with Crippen molar-refractivity contribution in [1.29, 1.82) is 0 Å². The van der Waals surface area contributed by atoms with Crippen LogP contribution in [0.5, 0.6) is 0 Å². The lowest BCUT2D eigenvalue weighted by atomic mass is 9.97. The number of carbonyl (C=O) groups is 1. The number of carbonyl (C=O) groups excluding carboxylic acids is 1. The van der Waals surface area contributed by atoms with Crippen LogP contribution < -0.4 is 0 Å². The summed E-state index contributed by atoms with van der Waals surface area (Å²) in [5, 5.41) is 8.82. The van der Waals surface area contributed by atoms with E-state index in [1.54, 1.807) is 60.7 Å². The van der Waals surface area contributed by atoms with E-state index in [1.165, 1.54) is 46.0 Å². The van der Waals surface area contributed by atoms with E-state index >= 15 is 0 Å². The van der Waals surface area contributed by atoms with Crippen molar-refractivity contribution in [3.63, 3.8) is 0 Å². The lowest BCUT2D eigenvalue weighted by molar-refractivity contribution is -0.138. The van der Waals surface area contributed by atoms with Gasteiger partial charge in [0.2, 0.25) is 5.78 Å². The number of halogens is 6. The van der Waals surface area contributed by atoms with Gasteiger partial charge in [0.1, 0.15) is 0 Å². The molecule has 0 bridgehead atoms. The van der Waals surface area contributed by atoms with Crippen LogP contribution in [0.2, 0.25) is 0 Å². The second kappa shape index (κ2) is 11.0. The molecule has 0 spiro atoms. The van der Waals surface area contributed by atoms with Gasteiger partial charge in [0.25, 0.3) is 0 Å². The number of hydrogen-bond donors (Lipinski definition) is 0. The molecule has 0 aliphatic carbocycles. The molecule has 11 heteroatoms. The molecule has 5 nitrogen and oxygen atoms in total. The van der Waals surface area contributed by atoms with E-state index in [-0.39, 0.29) is 22.5 Å². The fourth-order valence-electron chi connectivity index (χ4n) is 4.89. The largest absolute Gasteiger partial charge is 0.416 e. The normalized spacial score (nSPS) is 12.0. The van der Waals surface area contributed by atoms with Crippen LogP contribution in [0.4, 0.5) is 26.3 Å². The number of rotatable bonds is 6. The summed E-state index contributed by atoms with van der Waals surface area (Å²) in [6, 6.07) is 26.3. The SMILES string of the molecule is O=C(c1cnn(-c2ccccc2)c1-c1ccc(C(F)(F)F)cc1)c1cnn(-c2ccccc2)c1-c1ccc(C(F)(F)F)cc1. The van der Waals surface area contributed by atoms with Crippen LogP contribution in [0.15, 0.2) is 122 Å². The van der Waals surface area contributed by atoms with Crippen LogP contribution >= 0.6 is 0 Å². The van der Waals surface area contributed by atoms with Crippen molar-refractivity contribution in [2.75, 3.05) is 0 Å². The third-order valence-electron chi connectivity index (χ3n) is 7.00. The molecule has 2 aromatic heterocycles. The molecule has 220 valence electrons. The number of aromatic nitrogens is 4. The molecular weight excluding hydrogens is 582 g/mol. The van der Waals surface area contributed by atoms with Crippen LogP contribution in [-0.2, 0) is 12.4 Å². The Kier molecular flexibility index (Phi) is 7.16. The summed E-state index contributed by atoms with van der Waals surface area (Å²) in [5.74, 6) is -0.570. The summed E-state index contributed by atoms with van der Waals surface area (Å²) in [6.45, 7) is 0. The molecule has 0 aliphatic rings. The maximum atomic E-state index is 14.3. The number of benzene rings is 4. The van der Waals surface area contributed by atoms with Gasteiger partial charge in [-0.1, -0.05) is 60.7 Å². The molecule has 6 rings (SSSR count). The van der Waals surface area contributed by atoms with E-state index in [0.29, 0.717) is 22.5 Å². The van der Waals surface area contributed by atoms with Gasteiger partial charge in [0.05, 0.1) is 57.4 Å². The maximum Gasteiger partial charge on any atom is 0.416 e. The molecule has 0 aliphatic heterocycles. The molecule has 4 aromatic carbocycles. The smallest absolute Gasteiger partial charge is 0.288 e. The molecule has 0 saturated carbocycles. The highest BCUT2D eigenvalue weighted by molar-refractivity contribution is 6.15. The van der Waals surface area contributed by atoms with Gasteiger partial charge >= 0.3 is 12.4 Å². The highest BCUT2D eigenvalue weighted by Gasteiger charge is 2.32. The van der Waals surface area contributed by atoms with E-state index in [0.717, 1.165) is 24.3 Å². The Morgan fingerprint density at radius 2 is 0.841 bits per heavy atom. The van der Waals surface area contributed by atoms with Crippen molar-refractivity contribution in [3.8, 4) is 33.9 Å². The molecule has 0 radical (unpaired) electrons. The van der Waals surface area contributed by atoms with E-state index in [4.69, 9.17) is 0 Å². The van der Waals surface area contributed by atoms with Gasteiger partial charge < -0.3 is 0 Å². The van der Waals surface area contributed by atoms with Crippen LogP contribution in [0, 0.1) is 0 Å². The minimum atomic E-state index is -4.56. The van der Waals surface area contributed by atoms with Gasteiger partial charge in [-0.25, -0.2) is 9.36 Å². The summed E-state index contributed by atoms with van der Waals surface area (Å²) in [7, 11) is 0. The molecule has 0 fully saturated rings. The molecule has 0 N–H and O–H groups in total. The number of hydrogen-bond acceptors (Lipinski definition) is 3. The van der Waals surface area contributed by atoms with Crippen LogP contribution in [0.25, 0.3) is 33.9 Å². The lowest BCUT2D eigenvalue weighted by Gasteiger charge is -2.13. The van der Waals surface area contributed by atoms with Crippen molar-refractivity contribution >= 4 is 5.78 Å². The highest BCUT2D eigenvalue weighted by atomic mass is 19.4. The molecule has 0 atom stereocenters. The summed E-state index contributed by atoms with van der Waals surface area (Å²) < 4.78 is 82.9. The Morgan fingerprint density at radius 1 is 0.500 bits per heavy atom. The lowest BCUT2D eigenvalue weighted by Crippen LogP contribution is -2.08. The summed E-state index contributed by atoms with van der Waals surface area (Å²) in [6.07, 6.45) is -6.48. The first kappa shape index (κ1) is 28.7. The van der Waals surface area contributed by atoms with Crippen LogP contribution in [0.1, 0.15) is 27.0 Å². The molecule has 0 amide bonds. The Hall–Kier alpha value is -5.45. The molecular formula is C33H20F6N4O. The molecule has 0 saturated heterocycles. The fraction of sp³-hybridized carbons (Fsp3) is 0.0606. The molecule has 2 heterocycles. The fourth-order valence-corrected chi connectivity index (χ4v) is 4.89. The summed E-state index contributed by atoms with van der Waals surface area (Å²) >= 11 is 0. The third kappa shape index (κ3) is 5.39. The van der Waals surface area contributed by atoms with Crippen LogP contribution in [0.3, 0.4) is 0 Å². The number of ketones is 1. The van der Waals surface area contributed by atoms with Crippen molar-refractivity contribution in [3.05, 3.63) is 144 Å². The second-order valence-corrected chi connectivity index (χ2v) is 9.79. The zero-order valence-electron chi connectivity index (χ0n) is 22.5. The first-order valence-corrected chi connectivity index (χ1v) is 13.2. The monoisotopic (exact) mass is 602 g/mol. The number of para-hydroxylation sites is 2. The number of nitrogens with zero attached hydrogens (tertiary/aromatic N) is 4. The van der Waals surface area contributed by atoms with Gasteiger partial charge in [0, 0.05) is 11.1 Å². The summed E-state index contributed by atoms with van der Waals surface area (Å²) in [4.78, 5) is 14.3. The zero-order valence-corrected chi connectivity index (χ0v) is 22.5. The van der Waals surface area contributed by atoms with E-state index in [2.05, 4.69) is 10.2 Å². The van der Waals surface area contributed by atoms with Gasteiger partial charge in [-0.2, -0.15) is 36.5 Å². The Labute approximate surface area is 246 Å². The molecule has 44 heavy (non-hydrogen) atoms. The van der Waals surface area contributed by atoms with Gasteiger partial charge in [-0.05, 0) is 48.5 Å². The first-order chi connectivity index (χ1) is 21.0. The standard InChI is InChI=1S/C33H20F6N4O/c34-32(35,36)23-15-11-21(12-16-23)29-27(19-40-42(29)25-7-3-1-4-8-25)31(44)28-20-41-43(26-9-5-2-6-10-26)30(28)22-13-17-24(18-14-22)33(37,38)39/h1-20H. The van der Waals surface area contributed by atoms with Crippen molar-refractivity contribution in [2.45, 2.75) is 12.4 Å². The summed E-state index contributed by atoms with van der Waals surface area (Å²) in [5.41, 5.74) is 0.616. The zero-order chi connectivity index (χ0) is 31.1. The third-order valence-corrected chi connectivity index (χ3v) is 7.00. The van der Waals surface area contributed by atoms with E-state index < -0.39 is 29.3 Å². The van der Waals surface area contributed by atoms with Crippen molar-refractivity contribution in [2.24, 2.45) is 0 Å². The maximum absolute atomic E-state index is 14.3. The Bertz CT molecular complexity index is 1780. The average molecular weight is 603 g/mol. The highest BCUT2D eigenvalue weighted by Crippen LogP contribution is 2.36. The topological polar surface area (TPSA) is 52.7 Å². The molecule has 0 unspecified atom stereocenters. The number of alkyl halides is 6. The van der Waals surface area contributed by atoms with Crippen molar-refractivity contribution < 1.29 is 31.1 Å². The molecule has 6 aromatic rings. The first-order valence-electron chi connectivity index (χ1n) is 13.2. The average Bonchev–Trinajstić information content (AvgIpc) is 3.67. The minimum Gasteiger partial charge on any atom is -0.288 e. The van der Waals surface area contributed by atoms with Crippen molar-refractivity contribution in [1.82, 2.24) is 19.6 Å². The quantitative estimate of drug-likeness (QED) is 0.142. The minimum absolute atomic E-state index is 0.0642. The predicted molar refractivity (Wildman–Crippen MR) is 151 cm³/mol. The Balaban J connectivity index is 1.53. The van der Waals surface area contributed by atoms with E-state index in [1.807, 2.05) is 0 Å². The van der Waals surface area contributed by atoms with Gasteiger partial charge in [-0.15, -0.1) is 0 Å². The van der Waals surface area contributed by atoms with Crippen LogP contribution in [-0.4, -0.2) is 25.3 Å². The second-order valence-electron chi connectivity index (χ2n) is 9.79.